The summed E-state index contributed by atoms with van der Waals surface area (Å²) >= 11 is 0. The number of carbonyl (C=O) groups excluding carboxylic acids is 2. The van der Waals surface area contributed by atoms with Crippen LogP contribution in [0.25, 0.3) is 0 Å². The number of carbonyl (C=O) groups is 2. The minimum Gasteiger partial charge on any atom is -0.498 e. The second-order valence-corrected chi connectivity index (χ2v) is 10.2. The highest BCUT2D eigenvalue weighted by molar-refractivity contribution is 5.85. The molecule has 4 aliphatic carbocycles. The summed E-state index contributed by atoms with van der Waals surface area (Å²) in [6, 6.07) is 0. The van der Waals surface area contributed by atoms with E-state index in [0.29, 0.717) is 17.8 Å². The predicted octanol–water partition coefficient (Wildman–Crippen LogP) is 5.23. The number of allylic oxidation sites excluding steroid dienone is 4. The molecule has 0 N–H and O–H groups in total. The van der Waals surface area contributed by atoms with Crippen molar-refractivity contribution in [1.29, 1.82) is 0 Å². The summed E-state index contributed by atoms with van der Waals surface area (Å²) in [5.74, 6) is 2.91. The van der Waals surface area contributed by atoms with E-state index < -0.39 is 0 Å². The Kier molecular flexibility index (Phi) is 5.41. The Morgan fingerprint density at radius 1 is 1.14 bits per heavy atom. The van der Waals surface area contributed by atoms with Gasteiger partial charge < -0.3 is 9.47 Å². The Morgan fingerprint density at radius 2 is 1.93 bits per heavy atom. The molecular formula is C25H36O4. The van der Waals surface area contributed by atoms with Crippen LogP contribution in [0.4, 0.5) is 0 Å². The average molecular weight is 401 g/mol. The van der Waals surface area contributed by atoms with Crippen LogP contribution < -0.4 is 0 Å². The van der Waals surface area contributed by atoms with Crippen LogP contribution in [0.2, 0.25) is 0 Å². The Morgan fingerprint density at radius 3 is 2.66 bits per heavy atom. The fourth-order valence-electron chi connectivity index (χ4n) is 7.40. The molecule has 0 radical (unpaired) electrons. The van der Waals surface area contributed by atoms with Crippen LogP contribution in [0.3, 0.4) is 0 Å². The number of esters is 1. The van der Waals surface area contributed by atoms with E-state index in [1.54, 1.807) is 0 Å². The number of rotatable bonds is 5. The van der Waals surface area contributed by atoms with E-state index in [2.05, 4.69) is 32.9 Å². The van der Waals surface area contributed by atoms with Crippen molar-refractivity contribution in [2.24, 2.45) is 34.5 Å². The third kappa shape index (κ3) is 3.37. The van der Waals surface area contributed by atoms with Crippen molar-refractivity contribution in [3.8, 4) is 0 Å². The molecule has 0 aromatic carbocycles. The molecule has 4 nitrogen and oxygen atoms in total. The first-order valence-electron chi connectivity index (χ1n) is 11.5. The zero-order chi connectivity index (χ0) is 20.8. The van der Waals surface area contributed by atoms with E-state index in [1.807, 2.05) is 0 Å². The zero-order valence-corrected chi connectivity index (χ0v) is 18.5. The SMILES string of the molecule is CCOC1=CC2=CC[C@H]3[C@@H]4CC[C@H](C(=O)COC(C)=O)[C@@]4(C)CC[C@@H]3[C@@]2(C)CC1. The van der Waals surface area contributed by atoms with E-state index in [-0.39, 0.29) is 35.1 Å². The summed E-state index contributed by atoms with van der Waals surface area (Å²) < 4.78 is 10.9. The standard InChI is InChI=1S/C25H36O4/c1-5-28-18-10-12-24(3)17(14-18)6-7-19-20-8-9-22(23(27)15-29-16(2)26)25(20,4)13-11-21(19)24/h6,14,19-22H,5,7-13,15H2,1-4H3/t19-,20-,21-,22+,24-,25-/m0/s1. The van der Waals surface area contributed by atoms with Gasteiger partial charge in [0.15, 0.2) is 5.78 Å². The lowest BCUT2D eigenvalue weighted by molar-refractivity contribution is -0.149. The van der Waals surface area contributed by atoms with Crippen LogP contribution in [0, 0.1) is 34.5 Å². The van der Waals surface area contributed by atoms with E-state index in [4.69, 9.17) is 9.47 Å². The minimum absolute atomic E-state index is 0.0433. The van der Waals surface area contributed by atoms with Crippen LogP contribution in [-0.2, 0) is 19.1 Å². The van der Waals surface area contributed by atoms with Crippen molar-refractivity contribution >= 4 is 11.8 Å². The van der Waals surface area contributed by atoms with Gasteiger partial charge in [0.2, 0.25) is 0 Å². The highest BCUT2D eigenvalue weighted by atomic mass is 16.5. The van der Waals surface area contributed by atoms with Crippen LogP contribution >= 0.6 is 0 Å². The molecule has 4 heteroatoms. The van der Waals surface area contributed by atoms with Crippen LogP contribution in [0.5, 0.6) is 0 Å². The van der Waals surface area contributed by atoms with E-state index in [1.165, 1.54) is 25.3 Å². The van der Waals surface area contributed by atoms with Crippen molar-refractivity contribution in [3.63, 3.8) is 0 Å². The molecule has 0 aromatic rings. The Labute approximate surface area is 175 Å². The second-order valence-electron chi connectivity index (χ2n) is 10.2. The third-order valence-corrected chi connectivity index (χ3v) is 8.87. The largest absolute Gasteiger partial charge is 0.498 e. The fraction of sp³-hybridized carbons (Fsp3) is 0.760. The van der Waals surface area contributed by atoms with Crippen molar-refractivity contribution in [2.45, 2.75) is 72.6 Å². The smallest absolute Gasteiger partial charge is 0.303 e. The first kappa shape index (κ1) is 20.7. The maximum absolute atomic E-state index is 12.8. The van der Waals surface area contributed by atoms with Gasteiger partial charge in [0.05, 0.1) is 12.4 Å². The van der Waals surface area contributed by atoms with Crippen molar-refractivity contribution in [2.75, 3.05) is 13.2 Å². The van der Waals surface area contributed by atoms with Crippen LogP contribution in [0.15, 0.2) is 23.5 Å². The van der Waals surface area contributed by atoms with Gasteiger partial charge in [-0.1, -0.05) is 19.9 Å². The van der Waals surface area contributed by atoms with Gasteiger partial charge in [-0.05, 0) is 85.7 Å². The van der Waals surface area contributed by atoms with Gasteiger partial charge in [-0.3, -0.25) is 9.59 Å². The van der Waals surface area contributed by atoms with Crippen molar-refractivity contribution in [3.05, 3.63) is 23.5 Å². The van der Waals surface area contributed by atoms with Gasteiger partial charge >= 0.3 is 5.97 Å². The molecule has 29 heavy (non-hydrogen) atoms. The van der Waals surface area contributed by atoms with Crippen LogP contribution in [-0.4, -0.2) is 25.0 Å². The molecule has 0 spiro atoms. The first-order chi connectivity index (χ1) is 13.8. The maximum Gasteiger partial charge on any atom is 0.303 e. The Hall–Kier alpha value is -1.58. The topological polar surface area (TPSA) is 52.6 Å². The molecule has 0 bridgehead atoms. The molecule has 0 aromatic heterocycles. The van der Waals surface area contributed by atoms with Crippen molar-refractivity contribution in [1.82, 2.24) is 0 Å². The normalized spacial score (nSPS) is 40.7. The molecular weight excluding hydrogens is 364 g/mol. The Bertz CT molecular complexity index is 750. The summed E-state index contributed by atoms with van der Waals surface area (Å²) in [4.78, 5) is 24.0. The zero-order valence-electron chi connectivity index (χ0n) is 18.5. The summed E-state index contributed by atoms with van der Waals surface area (Å²) in [5, 5.41) is 0. The summed E-state index contributed by atoms with van der Waals surface area (Å²) in [5.41, 5.74) is 1.78. The molecule has 4 rings (SSSR count). The Balaban J connectivity index is 1.55. The maximum atomic E-state index is 12.8. The molecule has 0 aliphatic heterocycles. The number of Topliss-reactive ketones (excluding diaryl/α,β-unsaturated/α-hetero) is 1. The van der Waals surface area contributed by atoms with Gasteiger partial charge in [0.25, 0.3) is 0 Å². The van der Waals surface area contributed by atoms with Crippen molar-refractivity contribution < 1.29 is 19.1 Å². The monoisotopic (exact) mass is 400 g/mol. The predicted molar refractivity (Wildman–Crippen MR) is 112 cm³/mol. The molecule has 2 fully saturated rings. The quantitative estimate of drug-likeness (QED) is 0.593. The van der Waals surface area contributed by atoms with E-state index >= 15 is 0 Å². The highest BCUT2D eigenvalue weighted by Crippen LogP contribution is 2.66. The molecule has 0 saturated heterocycles. The van der Waals surface area contributed by atoms with Gasteiger partial charge in [-0.2, -0.15) is 0 Å². The van der Waals surface area contributed by atoms with E-state index in [0.717, 1.165) is 44.5 Å². The lowest BCUT2D eigenvalue weighted by atomic mass is 9.48. The number of ketones is 1. The number of fused-ring (bicyclic) bond motifs is 5. The lowest BCUT2D eigenvalue weighted by Crippen LogP contribution is -2.50. The van der Waals surface area contributed by atoms with Gasteiger partial charge in [0, 0.05) is 19.3 Å². The van der Waals surface area contributed by atoms with Gasteiger partial charge in [-0.25, -0.2) is 0 Å². The molecule has 6 atom stereocenters. The molecule has 0 unspecified atom stereocenters. The molecule has 0 heterocycles. The summed E-state index contributed by atoms with van der Waals surface area (Å²) in [7, 11) is 0. The second kappa shape index (κ2) is 7.59. The first-order valence-corrected chi connectivity index (χ1v) is 11.5. The van der Waals surface area contributed by atoms with E-state index in [9.17, 15) is 9.59 Å². The number of ether oxygens (including phenoxy) is 2. The molecule has 4 aliphatic rings. The van der Waals surface area contributed by atoms with Gasteiger partial charge in [-0.15, -0.1) is 0 Å². The summed E-state index contributed by atoms with van der Waals surface area (Å²) in [6.45, 7) is 8.93. The summed E-state index contributed by atoms with van der Waals surface area (Å²) in [6.07, 6.45) is 12.5. The van der Waals surface area contributed by atoms with Gasteiger partial charge in [0.1, 0.15) is 6.61 Å². The third-order valence-electron chi connectivity index (χ3n) is 8.87. The van der Waals surface area contributed by atoms with Crippen LogP contribution in [0.1, 0.15) is 72.6 Å². The average Bonchev–Trinajstić information content (AvgIpc) is 3.04. The minimum atomic E-state index is -0.364. The molecule has 2 saturated carbocycles. The molecule has 160 valence electrons. The highest BCUT2D eigenvalue weighted by Gasteiger charge is 2.59. The number of hydrogen-bond acceptors (Lipinski definition) is 4. The fourth-order valence-corrected chi connectivity index (χ4v) is 7.40. The lowest BCUT2D eigenvalue weighted by Gasteiger charge is -2.57. The number of hydrogen-bond donors (Lipinski definition) is 0. The molecule has 0 amide bonds.